The molecule has 0 bridgehead atoms. The molecule has 0 radical (unpaired) electrons. The van der Waals surface area contributed by atoms with E-state index in [1.54, 1.807) is 11.3 Å². The first-order valence-electron chi connectivity index (χ1n) is 6.96. The molecule has 2 aliphatic heterocycles. The zero-order valence-electron chi connectivity index (χ0n) is 11.9. The smallest absolute Gasteiger partial charge is 0.257 e. The fraction of sp³-hybridized carbons (Fsp3) is 0.188. The molecule has 1 atom stereocenters. The molecule has 0 fully saturated rings. The van der Waals surface area contributed by atoms with Crippen LogP contribution in [0.5, 0.6) is 0 Å². The van der Waals surface area contributed by atoms with Gasteiger partial charge in [-0.05, 0) is 17.5 Å². The van der Waals surface area contributed by atoms with Crippen LogP contribution in [0, 0.1) is 0 Å². The van der Waals surface area contributed by atoms with Gasteiger partial charge in [-0.2, -0.15) is 5.10 Å². The van der Waals surface area contributed by atoms with Crippen molar-refractivity contribution in [2.75, 3.05) is 5.32 Å². The highest BCUT2D eigenvalue weighted by atomic mass is 32.1. The number of thiophene rings is 1. The summed E-state index contributed by atoms with van der Waals surface area (Å²) in [7, 11) is 0. The Morgan fingerprint density at radius 1 is 1.32 bits per heavy atom. The van der Waals surface area contributed by atoms with E-state index >= 15 is 0 Å². The lowest BCUT2D eigenvalue weighted by Crippen LogP contribution is -2.47. The highest BCUT2D eigenvalue weighted by Gasteiger charge is 2.56. The Hall–Kier alpha value is -2.47. The normalized spacial score (nSPS) is 22.7. The first-order chi connectivity index (χ1) is 10.6. The van der Waals surface area contributed by atoms with E-state index in [0.717, 1.165) is 21.8 Å². The molecule has 0 saturated heterocycles. The second-order valence-corrected chi connectivity index (χ2v) is 6.34. The maximum Gasteiger partial charge on any atom is 0.257 e. The van der Waals surface area contributed by atoms with Gasteiger partial charge in [0.15, 0.2) is 5.54 Å². The number of nitrogens with zero attached hydrogens (tertiary/aromatic N) is 2. The van der Waals surface area contributed by atoms with E-state index in [-0.39, 0.29) is 11.8 Å². The number of amides is 2. The van der Waals surface area contributed by atoms with E-state index in [2.05, 4.69) is 10.4 Å². The van der Waals surface area contributed by atoms with E-state index in [0.29, 0.717) is 6.42 Å². The zero-order valence-corrected chi connectivity index (χ0v) is 12.7. The number of hydrogen-bond acceptors (Lipinski definition) is 4. The molecule has 4 rings (SSSR count). The van der Waals surface area contributed by atoms with Gasteiger partial charge in [-0.15, -0.1) is 11.3 Å². The van der Waals surface area contributed by atoms with Gasteiger partial charge in [0.2, 0.25) is 5.91 Å². The molecule has 110 valence electrons. The number of carbonyl (C=O) groups is 2. The van der Waals surface area contributed by atoms with Crippen LogP contribution in [-0.4, -0.2) is 22.5 Å². The summed E-state index contributed by atoms with van der Waals surface area (Å²) in [5.41, 5.74) is 1.28. The molecule has 1 aromatic carbocycles. The minimum Gasteiger partial charge on any atom is -0.323 e. The van der Waals surface area contributed by atoms with E-state index in [9.17, 15) is 9.59 Å². The largest absolute Gasteiger partial charge is 0.323 e. The van der Waals surface area contributed by atoms with Gasteiger partial charge < -0.3 is 5.32 Å². The summed E-state index contributed by atoms with van der Waals surface area (Å²) in [5.74, 6) is -0.433. The molecule has 1 unspecified atom stereocenters. The van der Waals surface area contributed by atoms with Gasteiger partial charge in [0.05, 0.1) is 10.6 Å². The lowest BCUT2D eigenvalue weighted by atomic mass is 9.86. The molecular weight excluding hydrogens is 298 g/mol. The van der Waals surface area contributed by atoms with Crippen LogP contribution in [0.2, 0.25) is 0 Å². The summed E-state index contributed by atoms with van der Waals surface area (Å²) in [4.78, 5) is 25.8. The molecule has 2 amide bonds. The Morgan fingerprint density at radius 2 is 2.14 bits per heavy atom. The van der Waals surface area contributed by atoms with E-state index in [4.69, 9.17) is 0 Å². The van der Waals surface area contributed by atoms with Crippen molar-refractivity contribution in [3.8, 4) is 0 Å². The summed E-state index contributed by atoms with van der Waals surface area (Å²) in [6, 6.07) is 11.4. The van der Waals surface area contributed by atoms with Crippen LogP contribution in [0.15, 0.2) is 46.9 Å². The molecule has 1 spiro atoms. The molecule has 1 N–H and O–H groups in total. The lowest BCUT2D eigenvalue weighted by Gasteiger charge is -2.29. The molecule has 2 aliphatic rings. The van der Waals surface area contributed by atoms with Gasteiger partial charge in [0.25, 0.3) is 5.91 Å². The second-order valence-electron chi connectivity index (χ2n) is 5.39. The van der Waals surface area contributed by atoms with Crippen molar-refractivity contribution in [3.63, 3.8) is 0 Å². The van der Waals surface area contributed by atoms with Crippen LogP contribution in [0.3, 0.4) is 0 Å². The minimum atomic E-state index is -1.05. The molecule has 0 saturated carbocycles. The molecule has 0 aliphatic carbocycles. The number of nitrogens with one attached hydrogen (secondary N) is 1. The zero-order chi connectivity index (χ0) is 15.3. The number of rotatable bonds is 1. The Morgan fingerprint density at radius 3 is 2.86 bits per heavy atom. The molecule has 1 aromatic heterocycles. The fourth-order valence-corrected chi connectivity index (χ4v) is 3.87. The van der Waals surface area contributed by atoms with Gasteiger partial charge in [-0.25, -0.2) is 5.01 Å². The van der Waals surface area contributed by atoms with Crippen molar-refractivity contribution < 1.29 is 9.59 Å². The standard InChI is InChI=1S/C16H13N3O2S/c1-10(20)19-16(9-13(18-19)14-7-4-8-22-14)11-5-2-3-6-12(11)17-15(16)21/h2-8H,9H2,1H3,(H,17,21). The number of carbonyl (C=O) groups excluding carboxylic acids is 2. The number of hydrazone groups is 1. The number of anilines is 1. The van der Waals surface area contributed by atoms with Crippen molar-refractivity contribution in [1.82, 2.24) is 5.01 Å². The number of benzene rings is 1. The highest BCUT2D eigenvalue weighted by Crippen LogP contribution is 2.47. The maximum atomic E-state index is 12.7. The summed E-state index contributed by atoms with van der Waals surface area (Å²) >= 11 is 1.56. The summed E-state index contributed by atoms with van der Waals surface area (Å²) in [5, 5.41) is 10.6. The maximum absolute atomic E-state index is 12.7. The number of fused-ring (bicyclic) bond motifs is 2. The Kier molecular flexibility index (Phi) is 2.71. The summed E-state index contributed by atoms with van der Waals surface area (Å²) < 4.78 is 0. The lowest BCUT2D eigenvalue weighted by molar-refractivity contribution is -0.142. The molecule has 3 heterocycles. The molecular formula is C16H13N3O2S. The van der Waals surface area contributed by atoms with Gasteiger partial charge >= 0.3 is 0 Å². The predicted molar refractivity (Wildman–Crippen MR) is 84.7 cm³/mol. The van der Waals surface area contributed by atoms with Gasteiger partial charge in [-0.1, -0.05) is 24.3 Å². The summed E-state index contributed by atoms with van der Waals surface area (Å²) in [6.07, 6.45) is 0.399. The highest BCUT2D eigenvalue weighted by molar-refractivity contribution is 7.12. The van der Waals surface area contributed by atoms with E-state index in [1.807, 2.05) is 41.8 Å². The quantitative estimate of drug-likeness (QED) is 0.880. The number of hydrogen-bond donors (Lipinski definition) is 1. The van der Waals surface area contributed by atoms with Crippen molar-refractivity contribution in [3.05, 3.63) is 52.2 Å². The second kappa shape index (κ2) is 4.51. The van der Waals surface area contributed by atoms with Crippen molar-refractivity contribution in [2.24, 2.45) is 5.10 Å². The van der Waals surface area contributed by atoms with E-state index in [1.165, 1.54) is 11.9 Å². The van der Waals surface area contributed by atoms with Crippen molar-refractivity contribution in [2.45, 2.75) is 18.9 Å². The van der Waals surface area contributed by atoms with Crippen LogP contribution in [-0.2, 0) is 15.1 Å². The summed E-state index contributed by atoms with van der Waals surface area (Å²) in [6.45, 7) is 1.44. The van der Waals surface area contributed by atoms with Gasteiger partial charge in [-0.3, -0.25) is 9.59 Å². The fourth-order valence-electron chi connectivity index (χ4n) is 3.16. The van der Waals surface area contributed by atoms with Crippen molar-refractivity contribution >= 4 is 34.6 Å². The predicted octanol–water partition coefficient (Wildman–Crippen LogP) is 2.55. The van der Waals surface area contributed by atoms with Crippen LogP contribution >= 0.6 is 11.3 Å². The minimum absolute atomic E-state index is 0.195. The first kappa shape index (κ1) is 13.2. The van der Waals surface area contributed by atoms with Crippen LogP contribution in [0.25, 0.3) is 0 Å². The Bertz CT molecular complexity index is 813. The van der Waals surface area contributed by atoms with Crippen LogP contribution in [0.4, 0.5) is 5.69 Å². The van der Waals surface area contributed by atoms with Crippen molar-refractivity contribution in [1.29, 1.82) is 0 Å². The first-order valence-corrected chi connectivity index (χ1v) is 7.84. The van der Waals surface area contributed by atoms with Crippen LogP contribution in [0.1, 0.15) is 23.8 Å². The molecule has 2 aromatic rings. The van der Waals surface area contributed by atoms with Gasteiger partial charge in [0.1, 0.15) is 0 Å². The molecule has 22 heavy (non-hydrogen) atoms. The number of para-hydroxylation sites is 1. The average molecular weight is 311 g/mol. The average Bonchev–Trinajstić information content (AvgIpc) is 3.20. The SMILES string of the molecule is CC(=O)N1N=C(c2cccs2)CC12C(=O)Nc1ccccc12. The van der Waals surface area contributed by atoms with E-state index < -0.39 is 5.54 Å². The third kappa shape index (κ3) is 1.61. The monoisotopic (exact) mass is 311 g/mol. The molecule has 5 nitrogen and oxygen atoms in total. The Balaban J connectivity index is 1.89. The molecule has 6 heteroatoms. The Labute approximate surface area is 131 Å². The third-order valence-electron chi connectivity index (χ3n) is 4.11. The van der Waals surface area contributed by atoms with Crippen LogP contribution < -0.4 is 5.32 Å². The third-order valence-corrected chi connectivity index (χ3v) is 5.02. The topological polar surface area (TPSA) is 61.8 Å². The van der Waals surface area contributed by atoms with Gasteiger partial charge in [0, 0.05) is 24.6 Å².